The summed E-state index contributed by atoms with van der Waals surface area (Å²) < 4.78 is 20.5. The Balaban J connectivity index is 1.94. The van der Waals surface area contributed by atoms with Crippen molar-refractivity contribution >= 4 is 16.9 Å². The van der Waals surface area contributed by atoms with E-state index in [4.69, 9.17) is 9.84 Å². The zero-order valence-electron chi connectivity index (χ0n) is 13.4. The number of aliphatic hydroxyl groups excluding tert-OH is 1. The van der Waals surface area contributed by atoms with Crippen LogP contribution in [-0.4, -0.2) is 38.6 Å². The summed E-state index contributed by atoms with van der Waals surface area (Å²) in [5, 5.41) is 17.3. The topological polar surface area (TPSA) is 85.1 Å². The fourth-order valence-electron chi connectivity index (χ4n) is 2.59. The average Bonchev–Trinajstić information content (AvgIpc) is 2.99. The van der Waals surface area contributed by atoms with Crippen molar-refractivity contribution in [3.05, 3.63) is 42.1 Å². The summed E-state index contributed by atoms with van der Waals surface area (Å²) in [6, 6.07) is 4.15. The van der Waals surface area contributed by atoms with Crippen LogP contribution in [0.4, 0.5) is 10.2 Å². The van der Waals surface area contributed by atoms with E-state index in [1.165, 1.54) is 18.5 Å². The smallest absolute Gasteiger partial charge is 0.163 e. The molecule has 3 rings (SSSR count). The Morgan fingerprint density at radius 3 is 2.96 bits per heavy atom. The van der Waals surface area contributed by atoms with Crippen molar-refractivity contribution in [2.75, 3.05) is 19.0 Å². The number of hydrogen-bond acceptors (Lipinski definition) is 6. The van der Waals surface area contributed by atoms with Crippen LogP contribution in [-0.2, 0) is 6.54 Å². The Morgan fingerprint density at radius 1 is 1.38 bits per heavy atom. The molecule has 8 heteroatoms. The molecule has 0 radical (unpaired) electrons. The summed E-state index contributed by atoms with van der Waals surface area (Å²) in [5.41, 5.74) is 1.31. The number of aromatic nitrogens is 4. The molecule has 24 heavy (non-hydrogen) atoms. The standard InChI is InChI=1S/C16H18FN5O2/c1-10(12-7-11(17)3-4-14(12)24-2)21-15-13-8-20-22(5-6-23)16(13)19-9-18-15/h3-4,7-10,23H,5-6H2,1-2H3,(H,18,19,21). The van der Waals surface area contributed by atoms with Gasteiger partial charge in [0.15, 0.2) is 5.65 Å². The SMILES string of the molecule is COc1ccc(F)cc1C(C)Nc1ncnc2c1cnn2CCO. The first-order valence-corrected chi connectivity index (χ1v) is 7.51. The molecule has 1 aromatic carbocycles. The molecule has 126 valence electrons. The van der Waals surface area contributed by atoms with Gasteiger partial charge in [0.05, 0.1) is 37.9 Å². The third kappa shape index (κ3) is 3.00. The van der Waals surface area contributed by atoms with E-state index in [1.807, 2.05) is 6.92 Å². The van der Waals surface area contributed by atoms with Crippen molar-refractivity contribution in [3.8, 4) is 5.75 Å². The number of anilines is 1. The first-order valence-electron chi connectivity index (χ1n) is 7.51. The van der Waals surface area contributed by atoms with Gasteiger partial charge in [-0.3, -0.25) is 0 Å². The van der Waals surface area contributed by atoms with Gasteiger partial charge in [-0.25, -0.2) is 19.0 Å². The third-order valence-corrected chi connectivity index (χ3v) is 3.76. The fraction of sp³-hybridized carbons (Fsp3) is 0.312. The summed E-state index contributed by atoms with van der Waals surface area (Å²) in [6.45, 7) is 2.22. The quantitative estimate of drug-likeness (QED) is 0.720. The monoisotopic (exact) mass is 331 g/mol. The molecule has 2 aromatic heterocycles. The number of nitrogens with zero attached hydrogens (tertiary/aromatic N) is 4. The van der Waals surface area contributed by atoms with Crippen LogP contribution in [0.15, 0.2) is 30.7 Å². The van der Waals surface area contributed by atoms with Crippen molar-refractivity contribution in [2.45, 2.75) is 19.5 Å². The molecule has 0 aliphatic heterocycles. The van der Waals surface area contributed by atoms with Gasteiger partial charge in [-0.15, -0.1) is 0 Å². The lowest BCUT2D eigenvalue weighted by Crippen LogP contribution is -2.10. The minimum absolute atomic E-state index is 0.0273. The molecule has 0 saturated heterocycles. The molecule has 0 spiro atoms. The van der Waals surface area contributed by atoms with E-state index >= 15 is 0 Å². The van der Waals surface area contributed by atoms with E-state index in [-0.39, 0.29) is 18.5 Å². The van der Waals surface area contributed by atoms with E-state index in [0.717, 1.165) is 5.39 Å². The summed E-state index contributed by atoms with van der Waals surface area (Å²) in [7, 11) is 1.55. The maximum absolute atomic E-state index is 13.6. The lowest BCUT2D eigenvalue weighted by molar-refractivity contribution is 0.271. The molecule has 1 unspecified atom stereocenters. The molecule has 0 fully saturated rings. The number of nitrogens with one attached hydrogen (secondary N) is 1. The van der Waals surface area contributed by atoms with Crippen LogP contribution < -0.4 is 10.1 Å². The largest absolute Gasteiger partial charge is 0.496 e. The Morgan fingerprint density at radius 2 is 2.21 bits per heavy atom. The van der Waals surface area contributed by atoms with Crippen molar-refractivity contribution in [3.63, 3.8) is 0 Å². The maximum Gasteiger partial charge on any atom is 0.163 e. The highest BCUT2D eigenvalue weighted by molar-refractivity contribution is 5.86. The highest BCUT2D eigenvalue weighted by Crippen LogP contribution is 2.29. The lowest BCUT2D eigenvalue weighted by atomic mass is 10.1. The second kappa shape index (κ2) is 6.79. The van der Waals surface area contributed by atoms with Crippen LogP contribution in [0.2, 0.25) is 0 Å². The number of benzene rings is 1. The normalized spacial score (nSPS) is 12.3. The Bertz CT molecular complexity index is 852. The van der Waals surface area contributed by atoms with E-state index in [1.54, 1.807) is 24.1 Å². The third-order valence-electron chi connectivity index (χ3n) is 3.76. The average molecular weight is 331 g/mol. The number of ether oxygens (including phenoxy) is 1. The molecule has 7 nitrogen and oxygen atoms in total. The van der Waals surface area contributed by atoms with E-state index in [9.17, 15) is 4.39 Å². The van der Waals surface area contributed by atoms with Gasteiger partial charge in [0, 0.05) is 5.56 Å². The highest BCUT2D eigenvalue weighted by Gasteiger charge is 2.16. The molecule has 0 aliphatic rings. The number of halogens is 1. The Hall–Kier alpha value is -2.74. The zero-order chi connectivity index (χ0) is 17.1. The van der Waals surface area contributed by atoms with Crippen molar-refractivity contribution in [2.24, 2.45) is 0 Å². The summed E-state index contributed by atoms with van der Waals surface area (Å²) >= 11 is 0. The van der Waals surface area contributed by atoms with Gasteiger partial charge in [-0.1, -0.05) is 0 Å². The fourth-order valence-corrected chi connectivity index (χ4v) is 2.59. The molecule has 0 aliphatic carbocycles. The predicted octanol–water partition coefficient (Wildman–Crippen LogP) is 2.14. The van der Waals surface area contributed by atoms with Crippen LogP contribution >= 0.6 is 0 Å². The summed E-state index contributed by atoms with van der Waals surface area (Å²) in [6.07, 6.45) is 3.07. The minimum Gasteiger partial charge on any atom is -0.496 e. The van der Waals surface area contributed by atoms with Crippen LogP contribution in [0.1, 0.15) is 18.5 Å². The number of rotatable bonds is 6. The Labute approximate surface area is 138 Å². The van der Waals surface area contributed by atoms with Gasteiger partial charge in [0.1, 0.15) is 23.7 Å². The van der Waals surface area contributed by atoms with Gasteiger partial charge in [-0.05, 0) is 25.1 Å². The van der Waals surface area contributed by atoms with Crippen LogP contribution in [0.3, 0.4) is 0 Å². The van der Waals surface area contributed by atoms with Gasteiger partial charge in [-0.2, -0.15) is 5.10 Å². The van der Waals surface area contributed by atoms with Gasteiger partial charge in [0.2, 0.25) is 0 Å². The number of aliphatic hydroxyl groups is 1. The first kappa shape index (κ1) is 16.1. The van der Waals surface area contributed by atoms with E-state index in [2.05, 4.69) is 20.4 Å². The molecule has 3 aromatic rings. The lowest BCUT2D eigenvalue weighted by Gasteiger charge is -2.18. The van der Waals surface area contributed by atoms with Crippen LogP contribution in [0.5, 0.6) is 5.75 Å². The highest BCUT2D eigenvalue weighted by atomic mass is 19.1. The van der Waals surface area contributed by atoms with Crippen molar-refractivity contribution in [1.82, 2.24) is 19.7 Å². The first-order chi connectivity index (χ1) is 11.6. The zero-order valence-corrected chi connectivity index (χ0v) is 13.4. The van der Waals surface area contributed by atoms with Crippen LogP contribution in [0, 0.1) is 5.82 Å². The van der Waals surface area contributed by atoms with Crippen molar-refractivity contribution < 1.29 is 14.2 Å². The minimum atomic E-state index is -0.331. The second-order valence-electron chi connectivity index (χ2n) is 5.30. The predicted molar refractivity (Wildman–Crippen MR) is 87.4 cm³/mol. The number of hydrogen-bond donors (Lipinski definition) is 2. The van der Waals surface area contributed by atoms with E-state index < -0.39 is 0 Å². The molecule has 0 saturated carbocycles. The number of fused-ring (bicyclic) bond motifs is 1. The molecule has 2 N–H and O–H groups in total. The summed E-state index contributed by atoms with van der Waals surface area (Å²) in [5.74, 6) is 0.851. The summed E-state index contributed by atoms with van der Waals surface area (Å²) in [4.78, 5) is 8.45. The molecular weight excluding hydrogens is 313 g/mol. The molecule has 1 atom stereocenters. The van der Waals surface area contributed by atoms with Gasteiger partial charge in [0.25, 0.3) is 0 Å². The van der Waals surface area contributed by atoms with Gasteiger partial charge < -0.3 is 15.2 Å². The van der Waals surface area contributed by atoms with Crippen molar-refractivity contribution in [1.29, 1.82) is 0 Å². The van der Waals surface area contributed by atoms with Crippen LogP contribution in [0.25, 0.3) is 11.0 Å². The Kier molecular flexibility index (Phi) is 4.57. The second-order valence-corrected chi connectivity index (χ2v) is 5.30. The molecule has 2 heterocycles. The maximum atomic E-state index is 13.6. The molecule has 0 amide bonds. The van der Waals surface area contributed by atoms with E-state index in [0.29, 0.717) is 29.3 Å². The molecule has 0 bridgehead atoms. The molecular formula is C16H18FN5O2. The number of methoxy groups -OCH3 is 1. The van der Waals surface area contributed by atoms with Gasteiger partial charge >= 0.3 is 0 Å².